The van der Waals surface area contributed by atoms with Gasteiger partial charge >= 0.3 is 5.97 Å². The van der Waals surface area contributed by atoms with E-state index in [1.807, 2.05) is 13.8 Å². The molecule has 0 aliphatic rings. The highest BCUT2D eigenvalue weighted by molar-refractivity contribution is 14.0. The van der Waals surface area contributed by atoms with Gasteiger partial charge in [-0.15, -0.1) is 24.0 Å². The van der Waals surface area contributed by atoms with Gasteiger partial charge in [0.15, 0.2) is 5.96 Å². The van der Waals surface area contributed by atoms with Crippen LogP contribution in [0.5, 0.6) is 0 Å². The number of carbonyl (C=O) groups excluding carboxylic acids is 1. The van der Waals surface area contributed by atoms with Crippen molar-refractivity contribution in [2.75, 3.05) is 20.1 Å². The minimum atomic E-state index is -0.184. The lowest BCUT2D eigenvalue weighted by Gasteiger charge is -2.12. The van der Waals surface area contributed by atoms with Gasteiger partial charge in [0, 0.05) is 20.1 Å². The maximum atomic E-state index is 11.3. The Labute approximate surface area is 127 Å². The number of nitrogens with zero attached hydrogens (tertiary/aromatic N) is 1. The average Bonchev–Trinajstić information content (AvgIpc) is 2.26. The van der Waals surface area contributed by atoms with E-state index in [0.29, 0.717) is 13.0 Å². The summed E-state index contributed by atoms with van der Waals surface area (Å²) in [7, 11) is 1.72. The number of esters is 1. The number of carbonyl (C=O) groups is 1. The molecule has 0 aromatic rings. The Morgan fingerprint density at radius 2 is 1.89 bits per heavy atom. The molecule has 18 heavy (non-hydrogen) atoms. The molecule has 0 amide bonds. The molecule has 0 heterocycles. The highest BCUT2D eigenvalue weighted by Crippen LogP contribution is 1.92. The Kier molecular flexibility index (Phi) is 14.2. The standard InChI is InChI=1S/C12H25N3O2.HI/c1-5-6-8-14-12(13-4)15-9-7-11(16)17-10(2)3;/h10H,5-9H2,1-4H3,(H2,13,14,15);1H. The maximum Gasteiger partial charge on any atom is 0.307 e. The zero-order valence-electron chi connectivity index (χ0n) is 11.8. The summed E-state index contributed by atoms with van der Waals surface area (Å²) in [6.45, 7) is 7.26. The summed E-state index contributed by atoms with van der Waals surface area (Å²) in [4.78, 5) is 15.3. The molecule has 0 fully saturated rings. The fraction of sp³-hybridized carbons (Fsp3) is 0.833. The van der Waals surface area contributed by atoms with Crippen molar-refractivity contribution in [2.24, 2.45) is 4.99 Å². The lowest BCUT2D eigenvalue weighted by Crippen LogP contribution is -2.38. The summed E-state index contributed by atoms with van der Waals surface area (Å²) in [5.74, 6) is 0.548. The van der Waals surface area contributed by atoms with Crippen LogP contribution in [-0.4, -0.2) is 38.2 Å². The van der Waals surface area contributed by atoms with Crippen LogP contribution in [0, 0.1) is 0 Å². The van der Waals surface area contributed by atoms with Crippen molar-refractivity contribution in [1.82, 2.24) is 10.6 Å². The molecule has 108 valence electrons. The van der Waals surface area contributed by atoms with Crippen LogP contribution < -0.4 is 10.6 Å². The van der Waals surface area contributed by atoms with Crippen LogP contribution in [0.3, 0.4) is 0 Å². The van der Waals surface area contributed by atoms with Crippen LogP contribution in [-0.2, 0) is 9.53 Å². The fourth-order valence-electron chi connectivity index (χ4n) is 1.21. The van der Waals surface area contributed by atoms with Crippen LogP contribution in [0.15, 0.2) is 4.99 Å². The largest absolute Gasteiger partial charge is 0.463 e. The summed E-state index contributed by atoms with van der Waals surface area (Å²) in [5.41, 5.74) is 0. The molecule has 0 radical (unpaired) electrons. The Morgan fingerprint density at radius 3 is 2.39 bits per heavy atom. The second-order valence-electron chi connectivity index (χ2n) is 4.07. The van der Waals surface area contributed by atoms with Crippen LogP contribution in [0.4, 0.5) is 0 Å². The van der Waals surface area contributed by atoms with E-state index in [4.69, 9.17) is 4.74 Å². The van der Waals surface area contributed by atoms with E-state index < -0.39 is 0 Å². The molecule has 0 unspecified atom stereocenters. The Balaban J connectivity index is 0. The predicted molar refractivity (Wildman–Crippen MR) is 85.5 cm³/mol. The van der Waals surface area contributed by atoms with E-state index in [1.165, 1.54) is 0 Å². The summed E-state index contributed by atoms with van der Waals surface area (Å²) in [5, 5.41) is 6.24. The highest BCUT2D eigenvalue weighted by atomic mass is 127. The number of guanidine groups is 1. The lowest BCUT2D eigenvalue weighted by atomic mass is 10.3. The van der Waals surface area contributed by atoms with Crippen molar-refractivity contribution in [3.05, 3.63) is 0 Å². The van der Waals surface area contributed by atoms with Crippen LogP contribution in [0.2, 0.25) is 0 Å². The summed E-state index contributed by atoms with van der Waals surface area (Å²) in [6, 6.07) is 0. The number of hydrogen-bond donors (Lipinski definition) is 2. The molecule has 0 aliphatic carbocycles. The number of aliphatic imine (C=N–C) groups is 1. The third-order valence-corrected chi connectivity index (χ3v) is 2.04. The fourth-order valence-corrected chi connectivity index (χ4v) is 1.21. The van der Waals surface area contributed by atoms with Gasteiger partial charge in [-0.1, -0.05) is 13.3 Å². The van der Waals surface area contributed by atoms with Gasteiger partial charge in [0.1, 0.15) is 0 Å². The molecule has 0 aromatic carbocycles. The molecule has 5 nitrogen and oxygen atoms in total. The predicted octanol–water partition coefficient (Wildman–Crippen LogP) is 1.91. The van der Waals surface area contributed by atoms with Crippen molar-refractivity contribution in [3.63, 3.8) is 0 Å². The van der Waals surface area contributed by atoms with E-state index in [9.17, 15) is 4.79 Å². The number of halogens is 1. The lowest BCUT2D eigenvalue weighted by molar-refractivity contribution is -0.147. The van der Waals surface area contributed by atoms with Gasteiger partial charge in [-0.2, -0.15) is 0 Å². The molecular weight excluding hydrogens is 345 g/mol. The third-order valence-electron chi connectivity index (χ3n) is 2.04. The molecule has 2 N–H and O–H groups in total. The Hall–Kier alpha value is -0.530. The van der Waals surface area contributed by atoms with Gasteiger partial charge in [0.05, 0.1) is 12.5 Å². The molecule has 0 rings (SSSR count). The minimum Gasteiger partial charge on any atom is -0.463 e. The molecule has 0 saturated heterocycles. The first kappa shape index (κ1) is 19.8. The number of rotatable bonds is 7. The van der Waals surface area contributed by atoms with E-state index in [-0.39, 0.29) is 36.0 Å². The second kappa shape index (κ2) is 12.9. The molecular formula is C12H26IN3O2. The van der Waals surface area contributed by atoms with Crippen LogP contribution in [0.25, 0.3) is 0 Å². The topological polar surface area (TPSA) is 62.7 Å². The summed E-state index contributed by atoms with van der Waals surface area (Å²) >= 11 is 0. The first-order valence-electron chi connectivity index (χ1n) is 6.24. The van der Waals surface area contributed by atoms with Crippen molar-refractivity contribution in [2.45, 2.75) is 46.1 Å². The second-order valence-corrected chi connectivity index (χ2v) is 4.07. The number of ether oxygens (including phenoxy) is 1. The summed E-state index contributed by atoms with van der Waals surface area (Å²) < 4.78 is 5.02. The first-order valence-corrected chi connectivity index (χ1v) is 6.24. The van der Waals surface area contributed by atoms with Crippen molar-refractivity contribution in [3.8, 4) is 0 Å². The van der Waals surface area contributed by atoms with Gasteiger partial charge in [-0.05, 0) is 20.3 Å². The van der Waals surface area contributed by atoms with E-state index in [0.717, 1.165) is 25.3 Å². The minimum absolute atomic E-state index is 0. The van der Waals surface area contributed by atoms with E-state index >= 15 is 0 Å². The van der Waals surface area contributed by atoms with Crippen LogP contribution in [0.1, 0.15) is 40.0 Å². The number of nitrogens with one attached hydrogen (secondary N) is 2. The zero-order valence-corrected chi connectivity index (χ0v) is 14.1. The van der Waals surface area contributed by atoms with Crippen molar-refractivity contribution >= 4 is 35.9 Å². The molecule has 0 spiro atoms. The Bertz CT molecular complexity index is 245. The van der Waals surface area contributed by atoms with Gasteiger partial charge in [0.2, 0.25) is 0 Å². The number of hydrogen-bond acceptors (Lipinski definition) is 3. The van der Waals surface area contributed by atoms with Gasteiger partial charge in [0.25, 0.3) is 0 Å². The van der Waals surface area contributed by atoms with Gasteiger partial charge in [-0.3, -0.25) is 9.79 Å². The maximum absolute atomic E-state index is 11.3. The van der Waals surface area contributed by atoms with Crippen LogP contribution >= 0.6 is 24.0 Å². The van der Waals surface area contributed by atoms with E-state index in [1.54, 1.807) is 7.05 Å². The van der Waals surface area contributed by atoms with Gasteiger partial charge < -0.3 is 15.4 Å². The SMILES string of the molecule is CCCCNC(=NC)NCCC(=O)OC(C)C.I. The van der Waals surface area contributed by atoms with Gasteiger partial charge in [-0.25, -0.2) is 0 Å². The van der Waals surface area contributed by atoms with E-state index in [2.05, 4.69) is 22.5 Å². The molecule has 6 heteroatoms. The highest BCUT2D eigenvalue weighted by Gasteiger charge is 2.05. The normalized spacial score (nSPS) is 10.8. The molecule has 0 saturated carbocycles. The molecule has 0 aliphatic heterocycles. The van der Waals surface area contributed by atoms with Crippen molar-refractivity contribution in [1.29, 1.82) is 0 Å². The summed E-state index contributed by atoms with van der Waals surface area (Å²) in [6.07, 6.45) is 2.55. The zero-order chi connectivity index (χ0) is 13.1. The first-order chi connectivity index (χ1) is 8.10. The quantitative estimate of drug-likeness (QED) is 0.236. The monoisotopic (exact) mass is 371 g/mol. The molecule has 0 bridgehead atoms. The number of unbranched alkanes of at least 4 members (excludes halogenated alkanes) is 1. The third kappa shape index (κ3) is 11.9. The smallest absolute Gasteiger partial charge is 0.307 e. The Morgan fingerprint density at radius 1 is 1.28 bits per heavy atom. The average molecular weight is 371 g/mol. The molecule has 0 aromatic heterocycles. The molecule has 0 atom stereocenters. The van der Waals surface area contributed by atoms with Crippen molar-refractivity contribution < 1.29 is 9.53 Å².